The molecule has 0 spiro atoms. The van der Waals surface area contributed by atoms with Gasteiger partial charge < -0.3 is 9.64 Å². The van der Waals surface area contributed by atoms with Crippen molar-refractivity contribution in [2.75, 3.05) is 24.6 Å². The Balaban J connectivity index is 2.15. The van der Waals surface area contributed by atoms with E-state index >= 15 is 0 Å². The molecule has 0 saturated heterocycles. The van der Waals surface area contributed by atoms with Crippen molar-refractivity contribution >= 4 is 11.3 Å². The fourth-order valence-electron chi connectivity index (χ4n) is 2.55. The topological polar surface area (TPSA) is 12.5 Å². The minimum Gasteiger partial charge on any atom is -0.494 e. The van der Waals surface area contributed by atoms with Gasteiger partial charge in [0.1, 0.15) is 5.75 Å². The zero-order valence-electron chi connectivity index (χ0n) is 13.8. The predicted molar refractivity (Wildman–Crippen MR) is 95.8 cm³/mol. The van der Waals surface area contributed by atoms with Gasteiger partial charge in [0, 0.05) is 18.8 Å². The SMILES string of the molecule is C=C(c1ccc(OCC)cc1)c1ccc(N(CC)CC)cc1. The maximum Gasteiger partial charge on any atom is 0.119 e. The number of nitrogens with zero attached hydrogens (tertiary/aromatic N) is 1. The lowest BCUT2D eigenvalue weighted by Gasteiger charge is -2.21. The van der Waals surface area contributed by atoms with Crippen LogP contribution in [0.2, 0.25) is 0 Å². The summed E-state index contributed by atoms with van der Waals surface area (Å²) in [6, 6.07) is 16.7. The van der Waals surface area contributed by atoms with Crippen molar-refractivity contribution in [1.82, 2.24) is 0 Å². The fourth-order valence-corrected chi connectivity index (χ4v) is 2.55. The van der Waals surface area contributed by atoms with Crippen LogP contribution < -0.4 is 9.64 Å². The zero-order valence-corrected chi connectivity index (χ0v) is 13.8. The lowest BCUT2D eigenvalue weighted by molar-refractivity contribution is 0.340. The summed E-state index contributed by atoms with van der Waals surface area (Å²) in [5.74, 6) is 0.899. The Hall–Kier alpha value is -2.22. The molecule has 2 aromatic rings. The summed E-state index contributed by atoms with van der Waals surface area (Å²) in [5.41, 5.74) is 4.57. The van der Waals surface area contributed by atoms with Gasteiger partial charge in [0.05, 0.1) is 6.61 Å². The molecule has 0 bridgehead atoms. The largest absolute Gasteiger partial charge is 0.494 e. The molecule has 22 heavy (non-hydrogen) atoms. The Morgan fingerprint density at radius 1 is 0.864 bits per heavy atom. The van der Waals surface area contributed by atoms with Crippen LogP contribution in [0.1, 0.15) is 31.9 Å². The first-order valence-corrected chi connectivity index (χ1v) is 7.97. The van der Waals surface area contributed by atoms with Crippen LogP contribution in [0.5, 0.6) is 5.75 Å². The van der Waals surface area contributed by atoms with Crippen LogP contribution >= 0.6 is 0 Å². The normalized spacial score (nSPS) is 10.3. The van der Waals surface area contributed by atoms with Gasteiger partial charge in [0.25, 0.3) is 0 Å². The van der Waals surface area contributed by atoms with Crippen LogP contribution in [0.4, 0.5) is 5.69 Å². The van der Waals surface area contributed by atoms with E-state index in [0.29, 0.717) is 6.61 Å². The average Bonchev–Trinajstić information content (AvgIpc) is 2.57. The Labute approximate surface area is 134 Å². The minimum atomic E-state index is 0.688. The Kier molecular flexibility index (Phi) is 5.65. The lowest BCUT2D eigenvalue weighted by Crippen LogP contribution is -2.21. The van der Waals surface area contributed by atoms with Crippen molar-refractivity contribution in [2.45, 2.75) is 20.8 Å². The van der Waals surface area contributed by atoms with Crippen LogP contribution in [0.15, 0.2) is 55.1 Å². The van der Waals surface area contributed by atoms with E-state index in [-0.39, 0.29) is 0 Å². The highest BCUT2D eigenvalue weighted by Gasteiger charge is 2.05. The zero-order chi connectivity index (χ0) is 15.9. The van der Waals surface area contributed by atoms with Crippen LogP contribution in [-0.2, 0) is 0 Å². The minimum absolute atomic E-state index is 0.688. The molecule has 0 aromatic heterocycles. The van der Waals surface area contributed by atoms with E-state index in [4.69, 9.17) is 4.74 Å². The van der Waals surface area contributed by atoms with Gasteiger partial charge in [-0.25, -0.2) is 0 Å². The summed E-state index contributed by atoms with van der Waals surface area (Å²) in [4.78, 5) is 2.34. The van der Waals surface area contributed by atoms with Gasteiger partial charge in [-0.05, 0) is 61.7 Å². The number of rotatable bonds is 7. The van der Waals surface area contributed by atoms with Crippen molar-refractivity contribution in [3.05, 3.63) is 66.2 Å². The monoisotopic (exact) mass is 295 g/mol. The average molecular weight is 295 g/mol. The highest BCUT2D eigenvalue weighted by atomic mass is 16.5. The molecule has 0 aliphatic rings. The fraction of sp³-hybridized carbons (Fsp3) is 0.300. The first-order chi connectivity index (χ1) is 10.7. The molecule has 0 amide bonds. The molecule has 0 aliphatic carbocycles. The highest BCUT2D eigenvalue weighted by molar-refractivity contribution is 5.79. The van der Waals surface area contributed by atoms with Crippen LogP contribution in [-0.4, -0.2) is 19.7 Å². The first kappa shape index (κ1) is 16.2. The van der Waals surface area contributed by atoms with E-state index in [0.717, 1.165) is 35.5 Å². The van der Waals surface area contributed by atoms with Crippen LogP contribution in [0.3, 0.4) is 0 Å². The van der Waals surface area contributed by atoms with Gasteiger partial charge in [-0.3, -0.25) is 0 Å². The molecule has 0 saturated carbocycles. The number of anilines is 1. The van der Waals surface area contributed by atoms with E-state index in [2.05, 4.69) is 61.7 Å². The molecule has 116 valence electrons. The molecule has 2 rings (SSSR count). The summed E-state index contributed by atoms with van der Waals surface area (Å²) in [6.07, 6.45) is 0. The van der Waals surface area contributed by atoms with Crippen LogP contribution in [0.25, 0.3) is 5.57 Å². The van der Waals surface area contributed by atoms with Gasteiger partial charge >= 0.3 is 0 Å². The van der Waals surface area contributed by atoms with E-state index in [1.54, 1.807) is 0 Å². The molecule has 0 N–H and O–H groups in total. The quantitative estimate of drug-likeness (QED) is 0.713. The number of hydrogen-bond acceptors (Lipinski definition) is 2. The molecular weight excluding hydrogens is 270 g/mol. The third-order valence-corrected chi connectivity index (χ3v) is 3.86. The second-order valence-electron chi connectivity index (χ2n) is 5.16. The molecule has 2 aromatic carbocycles. The van der Waals surface area contributed by atoms with E-state index < -0.39 is 0 Å². The lowest BCUT2D eigenvalue weighted by atomic mass is 9.99. The number of benzene rings is 2. The molecule has 2 nitrogen and oxygen atoms in total. The summed E-state index contributed by atoms with van der Waals surface area (Å²) >= 11 is 0. The van der Waals surface area contributed by atoms with E-state index in [1.807, 2.05) is 19.1 Å². The Morgan fingerprint density at radius 2 is 1.36 bits per heavy atom. The van der Waals surface area contributed by atoms with Crippen LogP contribution in [0, 0.1) is 0 Å². The van der Waals surface area contributed by atoms with E-state index in [9.17, 15) is 0 Å². The summed E-state index contributed by atoms with van der Waals surface area (Å²) < 4.78 is 5.48. The van der Waals surface area contributed by atoms with Gasteiger partial charge in [-0.15, -0.1) is 0 Å². The maximum absolute atomic E-state index is 5.48. The summed E-state index contributed by atoms with van der Waals surface area (Å²) in [7, 11) is 0. The molecule has 0 unspecified atom stereocenters. The Morgan fingerprint density at radius 3 is 1.82 bits per heavy atom. The molecule has 0 radical (unpaired) electrons. The molecule has 0 aliphatic heterocycles. The molecule has 0 heterocycles. The van der Waals surface area contributed by atoms with Crippen molar-refractivity contribution < 1.29 is 4.74 Å². The summed E-state index contributed by atoms with van der Waals surface area (Å²) in [6.45, 7) is 13.3. The third kappa shape index (κ3) is 3.70. The van der Waals surface area contributed by atoms with Gasteiger partial charge in [0.15, 0.2) is 0 Å². The van der Waals surface area contributed by atoms with Crippen molar-refractivity contribution in [3.63, 3.8) is 0 Å². The summed E-state index contributed by atoms with van der Waals surface area (Å²) in [5, 5.41) is 0. The Bertz CT molecular complexity index is 595. The first-order valence-electron chi connectivity index (χ1n) is 7.97. The second-order valence-corrected chi connectivity index (χ2v) is 5.16. The molecule has 0 atom stereocenters. The smallest absolute Gasteiger partial charge is 0.119 e. The number of ether oxygens (including phenoxy) is 1. The van der Waals surface area contributed by atoms with Crippen molar-refractivity contribution in [3.8, 4) is 5.75 Å². The van der Waals surface area contributed by atoms with Crippen molar-refractivity contribution in [1.29, 1.82) is 0 Å². The standard InChI is InChI=1S/C20H25NO/c1-5-21(6-2)19-12-8-17(9-13-19)16(4)18-10-14-20(15-11-18)22-7-3/h8-15H,4-7H2,1-3H3. The maximum atomic E-state index is 5.48. The highest BCUT2D eigenvalue weighted by Crippen LogP contribution is 2.25. The number of hydrogen-bond donors (Lipinski definition) is 0. The van der Waals surface area contributed by atoms with Crippen molar-refractivity contribution in [2.24, 2.45) is 0 Å². The predicted octanol–water partition coefficient (Wildman–Crippen LogP) is 4.99. The van der Waals surface area contributed by atoms with Gasteiger partial charge in [-0.2, -0.15) is 0 Å². The van der Waals surface area contributed by atoms with E-state index in [1.165, 1.54) is 5.69 Å². The third-order valence-electron chi connectivity index (χ3n) is 3.86. The molecule has 2 heteroatoms. The van der Waals surface area contributed by atoms with Gasteiger partial charge in [0.2, 0.25) is 0 Å². The molecule has 0 fully saturated rings. The van der Waals surface area contributed by atoms with Gasteiger partial charge in [-0.1, -0.05) is 30.8 Å². The molecular formula is C20H25NO. The second kappa shape index (κ2) is 7.69.